The molecule has 0 unspecified atom stereocenters. The molecule has 1 heterocycles. The van der Waals surface area contributed by atoms with Crippen LogP contribution in [0.15, 0.2) is 60.7 Å². The molecule has 0 aliphatic carbocycles. The maximum absolute atomic E-state index is 12.2. The van der Waals surface area contributed by atoms with E-state index in [2.05, 4.69) is 44.1 Å². The van der Waals surface area contributed by atoms with Crippen molar-refractivity contribution in [2.45, 2.75) is 6.61 Å². The lowest BCUT2D eigenvalue weighted by molar-refractivity contribution is -0.117. The first-order chi connectivity index (χ1) is 14.1. The monoisotopic (exact) mass is 401 g/mol. The van der Waals surface area contributed by atoms with E-state index in [9.17, 15) is 13.6 Å². The molecule has 0 spiro atoms. The van der Waals surface area contributed by atoms with Crippen molar-refractivity contribution in [3.05, 3.63) is 66.2 Å². The van der Waals surface area contributed by atoms with Gasteiger partial charge < -0.3 is 10.1 Å². The van der Waals surface area contributed by atoms with Gasteiger partial charge in [0.05, 0.1) is 6.54 Å². The number of benzene rings is 2. The number of carbonyl (C=O) groups excluding carboxylic acids is 1. The number of rotatable bonds is 8. The summed E-state index contributed by atoms with van der Waals surface area (Å²) in [5.41, 5.74) is 1.75. The van der Waals surface area contributed by atoms with Gasteiger partial charge in [-0.15, -0.1) is 0 Å². The predicted molar refractivity (Wildman–Crippen MR) is 110 cm³/mol. The lowest BCUT2D eigenvalue weighted by Crippen LogP contribution is -2.48. The second-order valence-electron chi connectivity index (χ2n) is 6.84. The zero-order valence-electron chi connectivity index (χ0n) is 16.1. The lowest BCUT2D eigenvalue weighted by atomic mass is 10.2. The smallest absolute Gasteiger partial charge is 0.387 e. The molecule has 5 nitrogen and oxygen atoms in total. The standard InChI is InChI=1S/C22H25F2N3O2/c23-22(24)29-20-10-8-19(9-11-20)25-21(28)17-27-15-13-26(14-16-27)12-4-7-18-5-2-1-3-6-18/h1-11,22H,12-17H2,(H,25,28)/b7-4+. The average Bonchev–Trinajstić information content (AvgIpc) is 2.71. The number of alkyl halides is 2. The van der Waals surface area contributed by atoms with E-state index in [1.807, 2.05) is 18.2 Å². The second-order valence-corrected chi connectivity index (χ2v) is 6.84. The summed E-state index contributed by atoms with van der Waals surface area (Å²) in [5, 5.41) is 2.78. The Bertz CT molecular complexity index is 789. The summed E-state index contributed by atoms with van der Waals surface area (Å²) < 4.78 is 28.6. The Morgan fingerprint density at radius 1 is 1.00 bits per heavy atom. The molecule has 1 aliphatic heterocycles. The minimum atomic E-state index is -2.86. The lowest BCUT2D eigenvalue weighted by Gasteiger charge is -2.33. The first-order valence-corrected chi connectivity index (χ1v) is 9.59. The van der Waals surface area contributed by atoms with Crippen LogP contribution in [0.3, 0.4) is 0 Å². The third-order valence-corrected chi connectivity index (χ3v) is 4.67. The van der Waals surface area contributed by atoms with Crippen LogP contribution in [-0.4, -0.2) is 61.6 Å². The second kappa shape index (κ2) is 10.7. The van der Waals surface area contributed by atoms with Crippen molar-refractivity contribution in [3.63, 3.8) is 0 Å². The molecule has 154 valence electrons. The first kappa shape index (κ1) is 21.0. The number of anilines is 1. The maximum atomic E-state index is 12.2. The van der Waals surface area contributed by atoms with Crippen LogP contribution in [0.2, 0.25) is 0 Å². The maximum Gasteiger partial charge on any atom is 0.387 e. The number of nitrogens with one attached hydrogen (secondary N) is 1. The molecular weight excluding hydrogens is 376 g/mol. The number of piperazine rings is 1. The minimum Gasteiger partial charge on any atom is -0.435 e. The molecule has 1 N–H and O–H groups in total. The molecule has 1 aliphatic rings. The molecular formula is C22H25F2N3O2. The van der Waals surface area contributed by atoms with Gasteiger partial charge in [-0.05, 0) is 29.8 Å². The number of carbonyl (C=O) groups is 1. The molecule has 29 heavy (non-hydrogen) atoms. The van der Waals surface area contributed by atoms with Gasteiger partial charge in [-0.2, -0.15) is 8.78 Å². The number of hydrogen-bond donors (Lipinski definition) is 1. The van der Waals surface area contributed by atoms with Crippen LogP contribution >= 0.6 is 0 Å². The van der Waals surface area contributed by atoms with Crippen molar-refractivity contribution in [1.29, 1.82) is 0 Å². The van der Waals surface area contributed by atoms with Crippen molar-refractivity contribution in [2.24, 2.45) is 0 Å². The van der Waals surface area contributed by atoms with Crippen molar-refractivity contribution in [3.8, 4) is 5.75 Å². The van der Waals surface area contributed by atoms with E-state index in [-0.39, 0.29) is 11.7 Å². The van der Waals surface area contributed by atoms with E-state index in [1.165, 1.54) is 17.7 Å². The van der Waals surface area contributed by atoms with Crippen LogP contribution in [0, 0.1) is 0 Å². The molecule has 2 aromatic rings. The summed E-state index contributed by atoms with van der Waals surface area (Å²) >= 11 is 0. The number of nitrogens with zero attached hydrogens (tertiary/aromatic N) is 2. The van der Waals surface area contributed by atoms with E-state index in [4.69, 9.17) is 0 Å². The molecule has 1 amide bonds. The normalized spacial score (nSPS) is 15.7. The highest BCUT2D eigenvalue weighted by Gasteiger charge is 2.18. The Morgan fingerprint density at radius 3 is 2.31 bits per heavy atom. The topological polar surface area (TPSA) is 44.8 Å². The van der Waals surface area contributed by atoms with Crippen LogP contribution in [0.1, 0.15) is 5.56 Å². The fourth-order valence-electron chi connectivity index (χ4n) is 3.16. The highest BCUT2D eigenvalue weighted by Crippen LogP contribution is 2.17. The molecule has 0 saturated carbocycles. The van der Waals surface area contributed by atoms with Crippen LogP contribution in [-0.2, 0) is 4.79 Å². The van der Waals surface area contributed by atoms with E-state index in [0.717, 1.165) is 32.7 Å². The minimum absolute atomic E-state index is 0.0652. The van der Waals surface area contributed by atoms with Crippen molar-refractivity contribution >= 4 is 17.7 Å². The summed E-state index contributed by atoms with van der Waals surface area (Å²) in [5.74, 6) is -0.0552. The highest BCUT2D eigenvalue weighted by molar-refractivity contribution is 5.92. The van der Waals surface area contributed by atoms with Gasteiger partial charge in [0.15, 0.2) is 0 Å². The molecule has 1 saturated heterocycles. The third-order valence-electron chi connectivity index (χ3n) is 4.67. The number of hydrogen-bond acceptors (Lipinski definition) is 4. The van der Waals surface area contributed by atoms with E-state index in [0.29, 0.717) is 12.2 Å². The van der Waals surface area contributed by atoms with Crippen molar-refractivity contribution in [2.75, 3.05) is 44.6 Å². The van der Waals surface area contributed by atoms with Gasteiger partial charge >= 0.3 is 6.61 Å². The molecule has 7 heteroatoms. The molecule has 1 fully saturated rings. The van der Waals surface area contributed by atoms with Crippen molar-refractivity contribution in [1.82, 2.24) is 9.80 Å². The third kappa shape index (κ3) is 7.29. The summed E-state index contributed by atoms with van der Waals surface area (Å²) in [6.45, 7) is 1.81. The zero-order valence-corrected chi connectivity index (χ0v) is 16.1. The van der Waals surface area contributed by atoms with Gasteiger partial charge in [0.1, 0.15) is 5.75 Å². The predicted octanol–water partition coefficient (Wildman–Crippen LogP) is 3.56. The SMILES string of the molecule is O=C(CN1CCN(C/C=C/c2ccccc2)CC1)Nc1ccc(OC(F)F)cc1. The van der Waals surface area contributed by atoms with Gasteiger partial charge in [0.25, 0.3) is 0 Å². The van der Waals surface area contributed by atoms with Crippen LogP contribution in [0.25, 0.3) is 6.08 Å². The Morgan fingerprint density at radius 2 is 1.66 bits per heavy atom. The summed E-state index contributed by atoms with van der Waals surface area (Å²) in [6, 6.07) is 16.1. The number of halogens is 2. The zero-order chi connectivity index (χ0) is 20.5. The highest BCUT2D eigenvalue weighted by atomic mass is 19.3. The van der Waals surface area contributed by atoms with Crippen LogP contribution in [0.4, 0.5) is 14.5 Å². The van der Waals surface area contributed by atoms with Crippen LogP contribution < -0.4 is 10.1 Å². The van der Waals surface area contributed by atoms with Gasteiger partial charge in [-0.3, -0.25) is 14.6 Å². The van der Waals surface area contributed by atoms with Gasteiger partial charge in [0.2, 0.25) is 5.91 Å². The summed E-state index contributed by atoms with van der Waals surface area (Å²) in [4.78, 5) is 16.7. The van der Waals surface area contributed by atoms with E-state index in [1.54, 1.807) is 12.1 Å². The summed E-state index contributed by atoms with van der Waals surface area (Å²) in [6.07, 6.45) is 4.29. The molecule has 0 radical (unpaired) electrons. The Labute approximate surface area is 169 Å². The Hall–Kier alpha value is -2.77. The molecule has 0 bridgehead atoms. The molecule has 0 aromatic heterocycles. The molecule has 0 atom stereocenters. The fourth-order valence-corrected chi connectivity index (χ4v) is 3.16. The average molecular weight is 401 g/mol. The van der Waals surface area contributed by atoms with Gasteiger partial charge in [0, 0.05) is 38.4 Å². The quantitative estimate of drug-likeness (QED) is 0.735. The summed E-state index contributed by atoms with van der Waals surface area (Å²) in [7, 11) is 0. The van der Waals surface area contributed by atoms with Gasteiger partial charge in [-0.25, -0.2) is 0 Å². The molecule has 3 rings (SSSR count). The number of ether oxygens (including phenoxy) is 1. The van der Waals surface area contributed by atoms with Crippen molar-refractivity contribution < 1.29 is 18.3 Å². The van der Waals surface area contributed by atoms with E-state index >= 15 is 0 Å². The Kier molecular flexibility index (Phi) is 7.72. The number of amides is 1. The first-order valence-electron chi connectivity index (χ1n) is 9.59. The van der Waals surface area contributed by atoms with Crippen LogP contribution in [0.5, 0.6) is 5.75 Å². The van der Waals surface area contributed by atoms with E-state index < -0.39 is 6.61 Å². The largest absolute Gasteiger partial charge is 0.435 e. The molecule has 2 aromatic carbocycles. The Balaban J connectivity index is 1.36. The van der Waals surface area contributed by atoms with Gasteiger partial charge in [-0.1, -0.05) is 42.5 Å². The fraction of sp³-hybridized carbons (Fsp3) is 0.318.